The Balaban J connectivity index is 2.19. The van der Waals surface area contributed by atoms with Crippen LogP contribution in [0, 0.1) is 0 Å². The van der Waals surface area contributed by atoms with Gasteiger partial charge in [0.2, 0.25) is 0 Å². The third-order valence-electron chi connectivity index (χ3n) is 2.38. The molecule has 6 heteroatoms. The molecule has 2 rings (SSSR count). The number of halogens is 1. The summed E-state index contributed by atoms with van der Waals surface area (Å²) < 4.78 is 6.79. The smallest absolute Gasteiger partial charge is 0.420 e. The van der Waals surface area contributed by atoms with E-state index in [1.54, 1.807) is 24.5 Å². The maximum Gasteiger partial charge on any atom is 0.420 e. The molecule has 2 heterocycles. The van der Waals surface area contributed by atoms with Gasteiger partial charge in [-0.2, -0.15) is 0 Å². The predicted octanol–water partition coefficient (Wildman–Crippen LogP) is 3.20. The lowest BCUT2D eigenvalue weighted by Gasteiger charge is -2.24. The van der Waals surface area contributed by atoms with Gasteiger partial charge in [0, 0.05) is 12.4 Å². The molecule has 102 valence electrons. The van der Waals surface area contributed by atoms with Crippen molar-refractivity contribution in [2.24, 2.45) is 4.99 Å². The topological polar surface area (TPSA) is 46.8 Å². The first kappa shape index (κ1) is 13.7. The lowest BCUT2D eigenvalue weighted by Crippen LogP contribution is -2.30. The number of hydrogen-bond acceptors (Lipinski definition) is 4. The van der Waals surface area contributed by atoms with Crippen molar-refractivity contribution in [1.82, 2.24) is 4.57 Å². The van der Waals surface area contributed by atoms with Crippen LogP contribution < -0.4 is 4.90 Å². The van der Waals surface area contributed by atoms with E-state index < -0.39 is 11.7 Å². The summed E-state index contributed by atoms with van der Waals surface area (Å²) in [6.45, 7) is 5.87. The maximum atomic E-state index is 12.1. The molecule has 19 heavy (non-hydrogen) atoms. The quantitative estimate of drug-likeness (QED) is 0.794. The molecule has 1 aromatic heterocycles. The van der Waals surface area contributed by atoms with Gasteiger partial charge in [0.05, 0.1) is 0 Å². The number of rotatable bonds is 1. The van der Waals surface area contributed by atoms with Crippen LogP contribution in [0.15, 0.2) is 35.6 Å². The Hall–Kier alpha value is -1.75. The van der Waals surface area contributed by atoms with Gasteiger partial charge in [-0.25, -0.2) is 9.36 Å². The van der Waals surface area contributed by atoms with Gasteiger partial charge in [-0.15, -0.1) is 0 Å². The Kier molecular flexibility index (Phi) is 3.66. The lowest BCUT2D eigenvalue weighted by molar-refractivity contribution is 0.0540. The molecule has 0 atom stereocenters. The molecule has 0 spiro atoms. The summed E-state index contributed by atoms with van der Waals surface area (Å²) in [4.78, 5) is 18.0. The van der Waals surface area contributed by atoms with Gasteiger partial charge in [-0.3, -0.25) is 4.99 Å². The number of aromatic nitrogens is 1. The van der Waals surface area contributed by atoms with Crippen molar-refractivity contribution >= 4 is 28.7 Å². The highest BCUT2D eigenvalue weighted by atomic mass is 35.5. The van der Waals surface area contributed by atoms with Crippen molar-refractivity contribution in [1.29, 1.82) is 0 Å². The van der Waals surface area contributed by atoms with E-state index in [1.807, 2.05) is 31.7 Å². The standard InChI is InChI=1S/C13H16ClN3O2/c1-13(2,3)19-12(18)17-7-4-5-11(17)16-8-6-10(14)15-9-16/h4-8H,9H2,1-3H3. The molecule has 1 aliphatic heterocycles. The maximum absolute atomic E-state index is 12.1. The van der Waals surface area contributed by atoms with Crippen LogP contribution in [-0.2, 0) is 4.74 Å². The minimum absolute atomic E-state index is 0.377. The molecule has 1 aliphatic rings. The minimum atomic E-state index is -0.530. The van der Waals surface area contributed by atoms with Gasteiger partial charge >= 0.3 is 6.09 Å². The molecule has 5 nitrogen and oxygen atoms in total. The number of aliphatic imine (C=N–C) groups is 1. The molecule has 0 bridgehead atoms. The van der Waals surface area contributed by atoms with E-state index in [0.717, 1.165) is 0 Å². The zero-order chi connectivity index (χ0) is 14.0. The normalized spacial score (nSPS) is 15.4. The fraction of sp³-hybridized carbons (Fsp3) is 0.385. The van der Waals surface area contributed by atoms with Gasteiger partial charge in [0.25, 0.3) is 0 Å². The molecule has 0 unspecified atom stereocenters. The third kappa shape index (κ3) is 3.38. The average Bonchev–Trinajstić information content (AvgIpc) is 2.76. The van der Waals surface area contributed by atoms with Crippen LogP contribution in [0.2, 0.25) is 0 Å². The highest BCUT2D eigenvalue weighted by Crippen LogP contribution is 2.20. The van der Waals surface area contributed by atoms with Gasteiger partial charge < -0.3 is 9.64 Å². The number of anilines is 1. The molecule has 0 saturated carbocycles. The van der Waals surface area contributed by atoms with E-state index in [0.29, 0.717) is 17.7 Å². The number of carbonyl (C=O) groups is 1. The summed E-state index contributed by atoms with van der Waals surface area (Å²) in [5, 5.41) is 0.451. The van der Waals surface area contributed by atoms with E-state index >= 15 is 0 Å². The Bertz CT molecular complexity index is 540. The number of ether oxygens (including phenoxy) is 1. The summed E-state index contributed by atoms with van der Waals surface area (Å²) in [7, 11) is 0. The summed E-state index contributed by atoms with van der Waals surface area (Å²) in [6.07, 6.45) is 4.71. The highest BCUT2D eigenvalue weighted by molar-refractivity contribution is 6.68. The van der Waals surface area contributed by atoms with E-state index in [1.165, 1.54) is 4.57 Å². The SMILES string of the molecule is CC(C)(C)OC(=O)n1cccc1N1C=CC(Cl)=NC1. The number of nitrogens with zero attached hydrogens (tertiary/aromatic N) is 3. The van der Waals surface area contributed by atoms with Crippen molar-refractivity contribution < 1.29 is 9.53 Å². The molecule has 0 aliphatic carbocycles. The van der Waals surface area contributed by atoms with Crippen molar-refractivity contribution in [2.75, 3.05) is 11.6 Å². The summed E-state index contributed by atoms with van der Waals surface area (Å²) in [5.74, 6) is 0.693. The fourth-order valence-corrected chi connectivity index (χ4v) is 1.73. The molecular formula is C13H16ClN3O2. The van der Waals surface area contributed by atoms with Crippen molar-refractivity contribution in [2.45, 2.75) is 26.4 Å². The molecule has 0 saturated heterocycles. The van der Waals surface area contributed by atoms with Crippen LogP contribution in [0.4, 0.5) is 10.6 Å². The van der Waals surface area contributed by atoms with E-state index in [4.69, 9.17) is 16.3 Å². The molecule has 0 fully saturated rings. The number of allylic oxidation sites excluding steroid dienone is 1. The second-order valence-electron chi connectivity index (χ2n) is 5.12. The van der Waals surface area contributed by atoms with Gasteiger partial charge in [0.15, 0.2) is 0 Å². The van der Waals surface area contributed by atoms with Gasteiger partial charge in [-0.1, -0.05) is 11.6 Å². The van der Waals surface area contributed by atoms with E-state index in [9.17, 15) is 4.79 Å². The molecule has 0 radical (unpaired) electrons. The Labute approximate surface area is 117 Å². The molecule has 0 N–H and O–H groups in total. The monoisotopic (exact) mass is 281 g/mol. The molecule has 1 aromatic rings. The summed E-state index contributed by atoms with van der Waals surface area (Å²) in [5.41, 5.74) is -0.530. The Morgan fingerprint density at radius 2 is 2.21 bits per heavy atom. The van der Waals surface area contributed by atoms with Crippen LogP contribution >= 0.6 is 11.6 Å². The number of hydrogen-bond donors (Lipinski definition) is 0. The van der Waals surface area contributed by atoms with Gasteiger partial charge in [0.1, 0.15) is 23.3 Å². The predicted molar refractivity (Wildman–Crippen MR) is 75.8 cm³/mol. The largest absolute Gasteiger partial charge is 0.443 e. The first-order valence-electron chi connectivity index (χ1n) is 5.92. The lowest BCUT2D eigenvalue weighted by atomic mass is 10.2. The first-order valence-corrected chi connectivity index (χ1v) is 6.30. The zero-order valence-electron chi connectivity index (χ0n) is 11.1. The molecule has 0 aromatic carbocycles. The summed E-state index contributed by atoms with van der Waals surface area (Å²) in [6, 6.07) is 3.61. The van der Waals surface area contributed by atoms with Crippen molar-refractivity contribution in [3.63, 3.8) is 0 Å². The fourth-order valence-electron chi connectivity index (χ4n) is 1.62. The molecular weight excluding hydrogens is 266 g/mol. The second-order valence-corrected chi connectivity index (χ2v) is 5.51. The van der Waals surface area contributed by atoms with Crippen LogP contribution in [-0.4, -0.2) is 28.1 Å². The minimum Gasteiger partial charge on any atom is -0.443 e. The van der Waals surface area contributed by atoms with Gasteiger partial charge in [-0.05, 0) is 39.0 Å². The van der Waals surface area contributed by atoms with Crippen LogP contribution in [0.5, 0.6) is 0 Å². The molecule has 0 amide bonds. The van der Waals surface area contributed by atoms with E-state index in [2.05, 4.69) is 4.99 Å². The Morgan fingerprint density at radius 3 is 2.79 bits per heavy atom. The van der Waals surface area contributed by atoms with Crippen LogP contribution in [0.3, 0.4) is 0 Å². The average molecular weight is 282 g/mol. The number of carbonyl (C=O) groups excluding carboxylic acids is 1. The first-order chi connectivity index (χ1) is 8.87. The third-order valence-corrected chi connectivity index (χ3v) is 2.62. The summed E-state index contributed by atoms with van der Waals surface area (Å²) >= 11 is 5.77. The zero-order valence-corrected chi connectivity index (χ0v) is 11.9. The Morgan fingerprint density at radius 1 is 1.47 bits per heavy atom. The second kappa shape index (κ2) is 5.09. The van der Waals surface area contributed by atoms with Crippen molar-refractivity contribution in [3.05, 3.63) is 30.6 Å². The highest BCUT2D eigenvalue weighted by Gasteiger charge is 2.21. The van der Waals surface area contributed by atoms with Crippen molar-refractivity contribution in [3.8, 4) is 0 Å². The van der Waals surface area contributed by atoms with Crippen LogP contribution in [0.25, 0.3) is 0 Å². The van der Waals surface area contributed by atoms with E-state index in [-0.39, 0.29) is 0 Å². The van der Waals surface area contributed by atoms with Crippen LogP contribution in [0.1, 0.15) is 20.8 Å².